The lowest BCUT2D eigenvalue weighted by Crippen LogP contribution is -2.40. The molecular formula is C18H19N3. The van der Waals surface area contributed by atoms with Crippen LogP contribution in [0.2, 0.25) is 0 Å². The van der Waals surface area contributed by atoms with E-state index in [9.17, 15) is 5.26 Å². The lowest BCUT2D eigenvalue weighted by Gasteiger charge is -2.24. The van der Waals surface area contributed by atoms with Crippen LogP contribution in [0.25, 0.3) is 10.8 Å². The lowest BCUT2D eigenvalue weighted by molar-refractivity contribution is 0.340. The molecule has 2 saturated heterocycles. The summed E-state index contributed by atoms with van der Waals surface area (Å²) in [4.78, 5) is 2.50. The Labute approximate surface area is 125 Å². The van der Waals surface area contributed by atoms with Gasteiger partial charge in [0.05, 0.1) is 11.6 Å². The molecule has 3 heteroatoms. The molecule has 1 N–H and O–H groups in total. The van der Waals surface area contributed by atoms with Crippen molar-refractivity contribution < 1.29 is 0 Å². The molecule has 2 aliphatic rings. The molecule has 2 aromatic carbocycles. The van der Waals surface area contributed by atoms with Gasteiger partial charge in [-0.2, -0.15) is 5.26 Å². The number of fused-ring (bicyclic) bond motifs is 2. The van der Waals surface area contributed by atoms with E-state index >= 15 is 0 Å². The maximum Gasteiger partial charge on any atom is 0.0998 e. The minimum absolute atomic E-state index is 0.633. The van der Waals surface area contributed by atoms with Gasteiger partial charge < -0.3 is 10.2 Å². The standard InChI is InChI=1S/C18H19N3/c19-10-13-7-8-18(16-6-2-1-5-15(13)16)21-11-14-4-3-9-20-17(14)12-21/h1-2,5-8,14,17,20H,3-4,9,11-12H2. The third-order valence-corrected chi connectivity index (χ3v) is 4.96. The van der Waals surface area contributed by atoms with Crippen LogP contribution < -0.4 is 10.2 Å². The highest BCUT2D eigenvalue weighted by atomic mass is 15.2. The zero-order valence-corrected chi connectivity index (χ0v) is 12.0. The van der Waals surface area contributed by atoms with Gasteiger partial charge in [0.2, 0.25) is 0 Å². The Morgan fingerprint density at radius 2 is 1.95 bits per heavy atom. The molecule has 2 heterocycles. The molecule has 21 heavy (non-hydrogen) atoms. The van der Waals surface area contributed by atoms with Crippen molar-refractivity contribution in [3.8, 4) is 6.07 Å². The van der Waals surface area contributed by atoms with Gasteiger partial charge in [0.25, 0.3) is 0 Å². The molecule has 0 amide bonds. The Balaban J connectivity index is 1.76. The first-order valence-electron chi connectivity index (χ1n) is 7.77. The fourth-order valence-corrected chi connectivity index (χ4v) is 3.90. The summed E-state index contributed by atoms with van der Waals surface area (Å²) in [7, 11) is 0. The molecule has 0 aromatic heterocycles. The van der Waals surface area contributed by atoms with Gasteiger partial charge in [0, 0.05) is 35.6 Å². The third kappa shape index (κ3) is 2.07. The first kappa shape index (κ1) is 12.7. The van der Waals surface area contributed by atoms with Gasteiger partial charge in [-0.05, 0) is 37.4 Å². The number of nitrogens with zero attached hydrogens (tertiary/aromatic N) is 2. The quantitative estimate of drug-likeness (QED) is 0.871. The van der Waals surface area contributed by atoms with Crippen molar-refractivity contribution in [2.75, 3.05) is 24.5 Å². The molecule has 4 rings (SSSR count). The second-order valence-corrected chi connectivity index (χ2v) is 6.16. The Morgan fingerprint density at radius 1 is 1.10 bits per heavy atom. The van der Waals surface area contributed by atoms with Crippen molar-refractivity contribution in [1.82, 2.24) is 5.32 Å². The van der Waals surface area contributed by atoms with Gasteiger partial charge in [0.1, 0.15) is 0 Å². The van der Waals surface area contributed by atoms with Crippen molar-refractivity contribution in [2.45, 2.75) is 18.9 Å². The number of benzene rings is 2. The highest BCUT2D eigenvalue weighted by Crippen LogP contribution is 2.34. The fraction of sp³-hybridized carbons (Fsp3) is 0.389. The topological polar surface area (TPSA) is 39.1 Å². The molecule has 2 atom stereocenters. The second kappa shape index (κ2) is 5.05. The molecule has 2 aliphatic heterocycles. The van der Waals surface area contributed by atoms with Crippen molar-refractivity contribution in [3.05, 3.63) is 42.0 Å². The van der Waals surface area contributed by atoms with E-state index in [1.165, 1.54) is 23.9 Å². The lowest BCUT2D eigenvalue weighted by atomic mass is 9.94. The van der Waals surface area contributed by atoms with E-state index in [1.807, 2.05) is 12.1 Å². The van der Waals surface area contributed by atoms with Crippen LogP contribution in [0.15, 0.2) is 36.4 Å². The second-order valence-electron chi connectivity index (χ2n) is 6.16. The largest absolute Gasteiger partial charge is 0.369 e. The maximum atomic E-state index is 9.29. The summed E-state index contributed by atoms with van der Waals surface area (Å²) < 4.78 is 0. The van der Waals surface area contributed by atoms with E-state index in [-0.39, 0.29) is 0 Å². The summed E-state index contributed by atoms with van der Waals surface area (Å²) >= 11 is 0. The summed E-state index contributed by atoms with van der Waals surface area (Å²) in [6, 6.07) is 15.3. The third-order valence-electron chi connectivity index (χ3n) is 4.96. The average Bonchev–Trinajstić information content (AvgIpc) is 2.97. The molecule has 0 radical (unpaired) electrons. The molecule has 3 nitrogen and oxygen atoms in total. The summed E-state index contributed by atoms with van der Waals surface area (Å²) in [6.45, 7) is 3.37. The van der Waals surface area contributed by atoms with Crippen molar-refractivity contribution in [3.63, 3.8) is 0 Å². The minimum Gasteiger partial charge on any atom is -0.369 e. The molecule has 2 fully saturated rings. The molecule has 2 unspecified atom stereocenters. The summed E-state index contributed by atoms with van der Waals surface area (Å²) in [5, 5.41) is 15.2. The summed E-state index contributed by atoms with van der Waals surface area (Å²) in [6.07, 6.45) is 2.63. The van der Waals surface area contributed by atoms with Crippen LogP contribution >= 0.6 is 0 Å². The van der Waals surface area contributed by atoms with Gasteiger partial charge in [-0.25, -0.2) is 0 Å². The van der Waals surface area contributed by atoms with E-state index in [1.54, 1.807) is 0 Å². The van der Waals surface area contributed by atoms with Crippen LogP contribution in [0, 0.1) is 17.2 Å². The Bertz CT molecular complexity index is 702. The molecular weight excluding hydrogens is 258 g/mol. The monoisotopic (exact) mass is 277 g/mol. The number of nitriles is 1. The van der Waals surface area contributed by atoms with Gasteiger partial charge >= 0.3 is 0 Å². The van der Waals surface area contributed by atoms with Crippen molar-refractivity contribution >= 4 is 16.5 Å². The van der Waals surface area contributed by atoms with E-state index in [4.69, 9.17) is 0 Å². The molecule has 0 bridgehead atoms. The summed E-state index contributed by atoms with van der Waals surface area (Å²) in [5.74, 6) is 0.771. The number of hydrogen-bond acceptors (Lipinski definition) is 3. The van der Waals surface area contributed by atoms with Crippen LogP contribution in [0.1, 0.15) is 18.4 Å². The van der Waals surface area contributed by atoms with Gasteiger partial charge in [-0.1, -0.05) is 24.3 Å². The zero-order valence-electron chi connectivity index (χ0n) is 12.0. The van der Waals surface area contributed by atoms with Crippen LogP contribution in [0.5, 0.6) is 0 Å². The molecule has 0 aliphatic carbocycles. The number of piperidine rings is 1. The Kier molecular flexibility index (Phi) is 3.05. The van der Waals surface area contributed by atoms with Crippen LogP contribution in [0.4, 0.5) is 5.69 Å². The highest BCUT2D eigenvalue weighted by molar-refractivity contribution is 5.98. The SMILES string of the molecule is N#Cc1ccc(N2CC3CCCNC3C2)c2ccccc12. The van der Waals surface area contributed by atoms with Crippen LogP contribution in [-0.4, -0.2) is 25.7 Å². The predicted molar refractivity (Wildman–Crippen MR) is 85.4 cm³/mol. The fourth-order valence-electron chi connectivity index (χ4n) is 3.90. The molecule has 106 valence electrons. The maximum absolute atomic E-state index is 9.29. The first-order valence-corrected chi connectivity index (χ1v) is 7.77. The van der Waals surface area contributed by atoms with E-state index < -0.39 is 0 Å². The minimum atomic E-state index is 0.633. The number of anilines is 1. The van der Waals surface area contributed by atoms with E-state index in [0.717, 1.165) is 36.5 Å². The molecule has 2 aromatic rings. The first-order chi connectivity index (χ1) is 10.4. The smallest absolute Gasteiger partial charge is 0.0998 e. The van der Waals surface area contributed by atoms with Crippen LogP contribution in [-0.2, 0) is 0 Å². The van der Waals surface area contributed by atoms with Gasteiger partial charge in [0.15, 0.2) is 0 Å². The average molecular weight is 277 g/mol. The molecule has 0 saturated carbocycles. The number of hydrogen-bond donors (Lipinski definition) is 1. The van der Waals surface area contributed by atoms with E-state index in [2.05, 4.69) is 40.6 Å². The zero-order chi connectivity index (χ0) is 14.2. The number of nitrogens with one attached hydrogen (secondary N) is 1. The van der Waals surface area contributed by atoms with E-state index in [0.29, 0.717) is 6.04 Å². The Hall–Kier alpha value is -2.05. The van der Waals surface area contributed by atoms with Crippen molar-refractivity contribution in [2.24, 2.45) is 5.92 Å². The Morgan fingerprint density at radius 3 is 2.76 bits per heavy atom. The van der Waals surface area contributed by atoms with Gasteiger partial charge in [-0.15, -0.1) is 0 Å². The predicted octanol–water partition coefficient (Wildman–Crippen LogP) is 2.90. The normalized spacial score (nSPS) is 24.8. The molecule has 0 spiro atoms. The number of rotatable bonds is 1. The highest BCUT2D eigenvalue weighted by Gasteiger charge is 2.34. The van der Waals surface area contributed by atoms with Crippen molar-refractivity contribution in [1.29, 1.82) is 5.26 Å². The summed E-state index contributed by atoms with van der Waals surface area (Å²) in [5.41, 5.74) is 2.05. The van der Waals surface area contributed by atoms with Gasteiger partial charge in [-0.3, -0.25) is 0 Å². The van der Waals surface area contributed by atoms with Crippen LogP contribution in [0.3, 0.4) is 0 Å².